The lowest BCUT2D eigenvalue weighted by atomic mass is 9.93. The fourth-order valence-electron chi connectivity index (χ4n) is 2.29. The Morgan fingerprint density at radius 1 is 1.33 bits per heavy atom. The number of sulfonamides is 1. The quantitative estimate of drug-likeness (QED) is 0.821. The summed E-state index contributed by atoms with van der Waals surface area (Å²) in [6.07, 6.45) is 2.62. The average Bonchev–Trinajstić information content (AvgIpc) is 2.29. The highest BCUT2D eigenvalue weighted by Crippen LogP contribution is 2.34. The zero-order valence-corrected chi connectivity index (χ0v) is 13.6. The average molecular weight is 384 g/mol. The standard InChI is InChI=1S/C13H16BrF2NO3S/c14-11-7-9(15)8-12(16)13(11)21(19,20)17(5-2-6-18)10-3-1-4-10/h7-8,10,18H,1-6H2. The van der Waals surface area contributed by atoms with Gasteiger partial charge in [-0.2, -0.15) is 4.31 Å². The van der Waals surface area contributed by atoms with Crippen molar-refractivity contribution in [2.75, 3.05) is 13.2 Å². The summed E-state index contributed by atoms with van der Waals surface area (Å²) in [6.45, 7) is -0.0292. The van der Waals surface area contributed by atoms with Gasteiger partial charge in [-0.15, -0.1) is 0 Å². The van der Waals surface area contributed by atoms with Gasteiger partial charge in [0.2, 0.25) is 10.0 Å². The molecule has 21 heavy (non-hydrogen) atoms. The Labute approximate surface area is 130 Å². The molecule has 1 aliphatic carbocycles. The zero-order valence-electron chi connectivity index (χ0n) is 11.2. The van der Waals surface area contributed by atoms with E-state index in [0.717, 1.165) is 12.5 Å². The predicted molar refractivity (Wildman–Crippen MR) is 77.3 cm³/mol. The van der Waals surface area contributed by atoms with E-state index in [4.69, 9.17) is 5.11 Å². The molecule has 4 nitrogen and oxygen atoms in total. The van der Waals surface area contributed by atoms with Crippen LogP contribution in [0.1, 0.15) is 25.7 Å². The number of hydrogen-bond donors (Lipinski definition) is 1. The Hall–Kier alpha value is -0.570. The summed E-state index contributed by atoms with van der Waals surface area (Å²) in [4.78, 5) is -0.547. The van der Waals surface area contributed by atoms with E-state index in [2.05, 4.69) is 15.9 Å². The second-order valence-electron chi connectivity index (χ2n) is 4.98. The van der Waals surface area contributed by atoms with Gasteiger partial charge in [0.25, 0.3) is 0 Å². The molecule has 0 aliphatic heterocycles. The summed E-state index contributed by atoms with van der Waals surface area (Å²) in [5.41, 5.74) is 0. The molecule has 0 aromatic heterocycles. The van der Waals surface area contributed by atoms with Crippen molar-refractivity contribution < 1.29 is 22.3 Å². The molecule has 0 bridgehead atoms. The molecular formula is C13H16BrF2NO3S. The van der Waals surface area contributed by atoms with Gasteiger partial charge in [-0.05, 0) is 41.3 Å². The van der Waals surface area contributed by atoms with Gasteiger partial charge in [-0.1, -0.05) is 6.42 Å². The number of aliphatic hydroxyl groups excluding tert-OH is 1. The van der Waals surface area contributed by atoms with Crippen LogP contribution >= 0.6 is 15.9 Å². The van der Waals surface area contributed by atoms with Crippen LogP contribution in [0.15, 0.2) is 21.5 Å². The van der Waals surface area contributed by atoms with Gasteiger partial charge in [0, 0.05) is 29.7 Å². The Morgan fingerprint density at radius 2 is 2.00 bits per heavy atom. The summed E-state index contributed by atoms with van der Waals surface area (Å²) in [6, 6.07) is 1.31. The molecule has 0 radical (unpaired) electrons. The van der Waals surface area contributed by atoms with E-state index >= 15 is 0 Å². The molecule has 0 amide bonds. The molecule has 1 aromatic carbocycles. The van der Waals surface area contributed by atoms with Gasteiger partial charge in [-0.3, -0.25) is 0 Å². The molecule has 0 saturated heterocycles. The monoisotopic (exact) mass is 383 g/mol. The van der Waals surface area contributed by atoms with Crippen molar-refractivity contribution in [2.24, 2.45) is 0 Å². The second kappa shape index (κ2) is 6.68. The van der Waals surface area contributed by atoms with Crippen LogP contribution in [0.5, 0.6) is 0 Å². The third-order valence-electron chi connectivity index (χ3n) is 3.55. The van der Waals surface area contributed by atoms with Gasteiger partial charge in [0.15, 0.2) is 0 Å². The molecule has 0 spiro atoms. The van der Waals surface area contributed by atoms with E-state index in [-0.39, 0.29) is 30.1 Å². The van der Waals surface area contributed by atoms with Gasteiger partial charge in [0.1, 0.15) is 16.5 Å². The largest absolute Gasteiger partial charge is 0.396 e. The van der Waals surface area contributed by atoms with Crippen LogP contribution in [0.4, 0.5) is 8.78 Å². The highest BCUT2D eigenvalue weighted by molar-refractivity contribution is 9.10. The summed E-state index contributed by atoms with van der Waals surface area (Å²) < 4.78 is 53.5. The van der Waals surface area contributed by atoms with E-state index in [9.17, 15) is 17.2 Å². The molecule has 1 aliphatic rings. The molecule has 0 unspecified atom stereocenters. The van der Waals surface area contributed by atoms with Crippen LogP contribution < -0.4 is 0 Å². The van der Waals surface area contributed by atoms with Crippen LogP contribution in [0.2, 0.25) is 0 Å². The normalized spacial score (nSPS) is 16.2. The van der Waals surface area contributed by atoms with E-state index in [0.29, 0.717) is 18.9 Å². The maximum atomic E-state index is 13.9. The smallest absolute Gasteiger partial charge is 0.247 e. The van der Waals surface area contributed by atoms with E-state index < -0.39 is 26.6 Å². The summed E-state index contributed by atoms with van der Waals surface area (Å²) >= 11 is 2.92. The second-order valence-corrected chi connectivity index (χ2v) is 7.66. The summed E-state index contributed by atoms with van der Waals surface area (Å²) in [5, 5.41) is 8.92. The fourth-order valence-corrected chi connectivity index (χ4v) is 5.13. The summed E-state index contributed by atoms with van der Waals surface area (Å²) in [7, 11) is -4.08. The van der Waals surface area contributed by atoms with Crippen molar-refractivity contribution >= 4 is 26.0 Å². The fraction of sp³-hybridized carbons (Fsp3) is 0.538. The van der Waals surface area contributed by atoms with Crippen LogP contribution in [-0.2, 0) is 10.0 Å². The maximum Gasteiger partial charge on any atom is 0.247 e. The van der Waals surface area contributed by atoms with E-state index in [1.807, 2.05) is 0 Å². The Kier molecular flexibility index (Phi) is 5.34. The highest BCUT2D eigenvalue weighted by Gasteiger charge is 2.37. The number of benzene rings is 1. The predicted octanol–water partition coefficient (Wildman–Crippen LogP) is 2.65. The van der Waals surface area contributed by atoms with Crippen LogP contribution in [0, 0.1) is 11.6 Å². The topological polar surface area (TPSA) is 57.6 Å². The number of rotatable bonds is 6. The first-order valence-corrected chi connectivity index (χ1v) is 8.88. The minimum atomic E-state index is -4.08. The molecule has 0 heterocycles. The van der Waals surface area contributed by atoms with Crippen molar-refractivity contribution in [3.8, 4) is 0 Å². The van der Waals surface area contributed by atoms with Gasteiger partial charge < -0.3 is 5.11 Å². The molecule has 0 atom stereocenters. The van der Waals surface area contributed by atoms with Crippen LogP contribution in [0.3, 0.4) is 0 Å². The lowest BCUT2D eigenvalue weighted by molar-refractivity contribution is 0.198. The van der Waals surface area contributed by atoms with Gasteiger partial charge >= 0.3 is 0 Å². The third kappa shape index (κ3) is 3.44. The zero-order chi connectivity index (χ0) is 15.6. The number of halogens is 3. The minimum absolute atomic E-state index is 0.118. The van der Waals surface area contributed by atoms with Crippen LogP contribution in [-0.4, -0.2) is 37.0 Å². The van der Waals surface area contributed by atoms with Crippen molar-refractivity contribution in [1.29, 1.82) is 0 Å². The number of nitrogens with zero attached hydrogens (tertiary/aromatic N) is 1. The molecular weight excluding hydrogens is 368 g/mol. The first-order valence-electron chi connectivity index (χ1n) is 6.65. The van der Waals surface area contributed by atoms with Crippen molar-refractivity contribution in [1.82, 2.24) is 4.31 Å². The van der Waals surface area contributed by atoms with Crippen molar-refractivity contribution in [2.45, 2.75) is 36.6 Å². The van der Waals surface area contributed by atoms with E-state index in [1.54, 1.807) is 0 Å². The lowest BCUT2D eigenvalue weighted by Crippen LogP contribution is -2.45. The molecule has 1 aromatic rings. The lowest BCUT2D eigenvalue weighted by Gasteiger charge is -2.36. The SMILES string of the molecule is O=S(=O)(c1c(F)cc(F)cc1Br)N(CCCO)C1CCC1. The van der Waals surface area contributed by atoms with Gasteiger partial charge in [0.05, 0.1) is 0 Å². The molecule has 2 rings (SSSR count). The number of aliphatic hydroxyl groups is 1. The van der Waals surface area contributed by atoms with Gasteiger partial charge in [-0.25, -0.2) is 17.2 Å². The third-order valence-corrected chi connectivity index (χ3v) is 6.47. The Balaban J connectivity index is 2.42. The highest BCUT2D eigenvalue weighted by atomic mass is 79.9. The number of hydrogen-bond acceptors (Lipinski definition) is 3. The van der Waals surface area contributed by atoms with Crippen molar-refractivity contribution in [3.63, 3.8) is 0 Å². The summed E-state index contributed by atoms with van der Waals surface area (Å²) in [5.74, 6) is -1.96. The molecule has 1 saturated carbocycles. The molecule has 118 valence electrons. The van der Waals surface area contributed by atoms with Crippen molar-refractivity contribution in [3.05, 3.63) is 28.2 Å². The Bertz CT molecular complexity index is 597. The first kappa shape index (κ1) is 16.8. The van der Waals surface area contributed by atoms with Crippen LogP contribution in [0.25, 0.3) is 0 Å². The van der Waals surface area contributed by atoms with E-state index in [1.165, 1.54) is 4.31 Å². The Morgan fingerprint density at radius 3 is 2.48 bits per heavy atom. The maximum absolute atomic E-state index is 13.9. The molecule has 8 heteroatoms. The minimum Gasteiger partial charge on any atom is -0.396 e. The first-order chi connectivity index (χ1) is 9.87. The molecule has 1 fully saturated rings. The molecule has 1 N–H and O–H groups in total.